The van der Waals surface area contributed by atoms with Crippen molar-refractivity contribution in [1.29, 1.82) is 0 Å². The lowest BCUT2D eigenvalue weighted by atomic mass is 9.79. The number of hydrogen-bond acceptors (Lipinski definition) is 5. The van der Waals surface area contributed by atoms with Gasteiger partial charge in [0.2, 0.25) is 5.95 Å². The summed E-state index contributed by atoms with van der Waals surface area (Å²) in [6, 6.07) is 8.63. The van der Waals surface area contributed by atoms with E-state index in [2.05, 4.69) is 20.6 Å². The zero-order chi connectivity index (χ0) is 18.1. The number of hydrogen-bond donors (Lipinski definition) is 2. The normalized spacial score (nSPS) is 18.0. The van der Waals surface area contributed by atoms with Gasteiger partial charge in [-0.3, -0.25) is 5.32 Å². The van der Waals surface area contributed by atoms with Crippen LogP contribution in [-0.2, 0) is 9.31 Å². The predicted molar refractivity (Wildman–Crippen MR) is 96.8 cm³/mol. The fourth-order valence-corrected chi connectivity index (χ4v) is 2.37. The van der Waals surface area contributed by atoms with Crippen LogP contribution in [0, 0.1) is 0 Å². The number of anilines is 2. The third-order valence-electron chi connectivity index (χ3n) is 4.46. The van der Waals surface area contributed by atoms with E-state index in [1.54, 1.807) is 24.5 Å². The number of urea groups is 1. The van der Waals surface area contributed by atoms with Crippen LogP contribution in [0.4, 0.5) is 16.4 Å². The quantitative estimate of drug-likeness (QED) is 0.838. The van der Waals surface area contributed by atoms with Crippen LogP contribution < -0.4 is 16.1 Å². The summed E-state index contributed by atoms with van der Waals surface area (Å²) in [7, 11) is -0.479. The Labute approximate surface area is 147 Å². The van der Waals surface area contributed by atoms with Crippen LogP contribution in [0.2, 0.25) is 0 Å². The highest BCUT2D eigenvalue weighted by atomic mass is 16.7. The molecule has 1 aromatic carbocycles. The van der Waals surface area contributed by atoms with Gasteiger partial charge in [0.15, 0.2) is 0 Å². The number of benzene rings is 1. The number of carbonyl (C=O) groups is 1. The van der Waals surface area contributed by atoms with Crippen LogP contribution in [0.5, 0.6) is 0 Å². The van der Waals surface area contributed by atoms with Crippen molar-refractivity contribution in [1.82, 2.24) is 9.97 Å². The van der Waals surface area contributed by atoms with Gasteiger partial charge in [0.25, 0.3) is 0 Å². The van der Waals surface area contributed by atoms with E-state index < -0.39 is 24.4 Å². The second kappa shape index (κ2) is 6.46. The number of rotatable bonds is 3. The largest absolute Gasteiger partial charge is 0.494 e. The third kappa shape index (κ3) is 3.80. The topological polar surface area (TPSA) is 85.4 Å². The average Bonchev–Trinajstić information content (AvgIpc) is 2.76. The Kier molecular flexibility index (Phi) is 4.49. The molecule has 0 atom stereocenters. The molecule has 2 aromatic rings. The average molecular weight is 340 g/mol. The summed E-state index contributed by atoms with van der Waals surface area (Å²) in [6.07, 6.45) is 3.11. The van der Waals surface area contributed by atoms with E-state index in [0.717, 1.165) is 5.46 Å². The SMILES string of the molecule is CC1(C)OB(c2cccc(NC(=O)Nc3ncccn3)c2)OC1(C)C. The van der Waals surface area contributed by atoms with Crippen molar-refractivity contribution >= 4 is 30.2 Å². The van der Waals surface area contributed by atoms with Crippen LogP contribution in [0.25, 0.3) is 0 Å². The van der Waals surface area contributed by atoms with Gasteiger partial charge < -0.3 is 14.6 Å². The van der Waals surface area contributed by atoms with E-state index in [1.807, 2.05) is 45.9 Å². The van der Waals surface area contributed by atoms with Crippen molar-refractivity contribution in [3.05, 3.63) is 42.7 Å². The summed E-state index contributed by atoms with van der Waals surface area (Å²) in [6.45, 7) is 8.01. The monoisotopic (exact) mass is 340 g/mol. The van der Waals surface area contributed by atoms with E-state index in [1.165, 1.54) is 0 Å². The molecule has 3 rings (SSSR count). The standard InChI is InChI=1S/C17H21BN4O3/c1-16(2)17(3,4)25-18(24-16)12-7-5-8-13(11-12)21-15(23)22-14-19-9-6-10-20-14/h5-11H,1-4H3,(H2,19,20,21,22,23). The van der Waals surface area contributed by atoms with Crippen LogP contribution in [-0.4, -0.2) is 34.3 Å². The van der Waals surface area contributed by atoms with Crippen molar-refractivity contribution in [2.24, 2.45) is 0 Å². The molecule has 1 aliphatic rings. The first-order chi connectivity index (χ1) is 11.8. The van der Waals surface area contributed by atoms with Gasteiger partial charge in [-0.25, -0.2) is 14.8 Å². The highest BCUT2D eigenvalue weighted by molar-refractivity contribution is 6.62. The van der Waals surface area contributed by atoms with Gasteiger partial charge in [-0.2, -0.15) is 0 Å². The van der Waals surface area contributed by atoms with Crippen molar-refractivity contribution in [3.8, 4) is 0 Å². The molecule has 1 aromatic heterocycles. The van der Waals surface area contributed by atoms with E-state index in [4.69, 9.17) is 9.31 Å². The van der Waals surface area contributed by atoms with Gasteiger partial charge >= 0.3 is 13.1 Å². The Balaban J connectivity index is 1.69. The molecule has 1 aliphatic heterocycles. The predicted octanol–water partition coefficient (Wildman–Crippen LogP) is 2.42. The van der Waals surface area contributed by atoms with E-state index in [0.29, 0.717) is 5.69 Å². The molecular formula is C17H21BN4O3. The Morgan fingerprint density at radius 1 is 1.00 bits per heavy atom. The number of amides is 2. The molecule has 2 N–H and O–H groups in total. The maximum atomic E-state index is 12.1. The maximum absolute atomic E-state index is 12.1. The number of aromatic nitrogens is 2. The zero-order valence-electron chi connectivity index (χ0n) is 14.7. The minimum absolute atomic E-state index is 0.238. The minimum Gasteiger partial charge on any atom is -0.399 e. The Bertz CT molecular complexity index is 751. The van der Waals surface area contributed by atoms with Crippen LogP contribution in [0.15, 0.2) is 42.7 Å². The first-order valence-corrected chi connectivity index (χ1v) is 8.07. The summed E-state index contributed by atoms with van der Waals surface area (Å²) in [5, 5.41) is 5.33. The molecule has 8 heteroatoms. The second-order valence-corrected chi connectivity index (χ2v) is 6.87. The lowest BCUT2D eigenvalue weighted by Crippen LogP contribution is -2.41. The summed E-state index contributed by atoms with van der Waals surface area (Å²) >= 11 is 0. The number of nitrogens with zero attached hydrogens (tertiary/aromatic N) is 2. The Morgan fingerprint density at radius 3 is 2.28 bits per heavy atom. The number of nitrogens with one attached hydrogen (secondary N) is 2. The summed E-state index contributed by atoms with van der Waals surface area (Å²) < 4.78 is 12.1. The maximum Gasteiger partial charge on any atom is 0.494 e. The molecule has 0 unspecified atom stereocenters. The van der Waals surface area contributed by atoms with Gasteiger partial charge in [-0.05, 0) is 51.4 Å². The van der Waals surface area contributed by atoms with Crippen molar-refractivity contribution in [2.45, 2.75) is 38.9 Å². The second-order valence-electron chi connectivity index (χ2n) is 6.87. The lowest BCUT2D eigenvalue weighted by Gasteiger charge is -2.32. The number of carbonyl (C=O) groups excluding carboxylic acids is 1. The van der Waals surface area contributed by atoms with Crippen molar-refractivity contribution < 1.29 is 14.1 Å². The molecule has 2 amide bonds. The summed E-state index contributed by atoms with van der Waals surface area (Å²) in [5.41, 5.74) is 0.639. The lowest BCUT2D eigenvalue weighted by molar-refractivity contribution is 0.00578. The summed E-state index contributed by atoms with van der Waals surface area (Å²) in [5.74, 6) is 0.238. The van der Waals surface area contributed by atoms with Crippen molar-refractivity contribution in [3.63, 3.8) is 0 Å². The van der Waals surface area contributed by atoms with E-state index >= 15 is 0 Å². The molecule has 0 saturated carbocycles. The van der Waals surface area contributed by atoms with Crippen LogP contribution in [0.1, 0.15) is 27.7 Å². The van der Waals surface area contributed by atoms with Crippen LogP contribution in [0.3, 0.4) is 0 Å². The molecule has 25 heavy (non-hydrogen) atoms. The Morgan fingerprint density at radius 2 is 1.64 bits per heavy atom. The van der Waals surface area contributed by atoms with Crippen LogP contribution >= 0.6 is 0 Å². The van der Waals surface area contributed by atoms with Crippen molar-refractivity contribution in [2.75, 3.05) is 10.6 Å². The fourth-order valence-electron chi connectivity index (χ4n) is 2.37. The highest BCUT2D eigenvalue weighted by Crippen LogP contribution is 2.36. The fraction of sp³-hybridized carbons (Fsp3) is 0.353. The van der Waals surface area contributed by atoms with Gasteiger partial charge in [-0.1, -0.05) is 12.1 Å². The first kappa shape index (κ1) is 17.4. The minimum atomic E-state index is -0.479. The Hall–Kier alpha value is -2.45. The summed E-state index contributed by atoms with van der Waals surface area (Å²) in [4.78, 5) is 20.0. The van der Waals surface area contributed by atoms with Gasteiger partial charge in [-0.15, -0.1) is 0 Å². The molecular weight excluding hydrogens is 319 g/mol. The van der Waals surface area contributed by atoms with E-state index in [-0.39, 0.29) is 5.95 Å². The molecule has 0 radical (unpaired) electrons. The molecule has 1 fully saturated rings. The molecule has 1 saturated heterocycles. The third-order valence-corrected chi connectivity index (χ3v) is 4.46. The van der Waals surface area contributed by atoms with Gasteiger partial charge in [0, 0.05) is 18.1 Å². The molecule has 2 heterocycles. The van der Waals surface area contributed by atoms with Gasteiger partial charge in [0.1, 0.15) is 0 Å². The first-order valence-electron chi connectivity index (χ1n) is 8.07. The molecule has 0 aliphatic carbocycles. The zero-order valence-corrected chi connectivity index (χ0v) is 14.7. The smallest absolute Gasteiger partial charge is 0.399 e. The molecule has 7 nitrogen and oxygen atoms in total. The van der Waals surface area contributed by atoms with E-state index in [9.17, 15) is 4.79 Å². The molecule has 130 valence electrons. The molecule has 0 bridgehead atoms. The van der Waals surface area contributed by atoms with Gasteiger partial charge in [0.05, 0.1) is 11.2 Å². The molecule has 0 spiro atoms. The highest BCUT2D eigenvalue weighted by Gasteiger charge is 2.51.